The van der Waals surface area contributed by atoms with Gasteiger partial charge in [-0.3, -0.25) is 4.79 Å². The van der Waals surface area contributed by atoms with Crippen LogP contribution in [0.2, 0.25) is 0 Å². The third-order valence-corrected chi connectivity index (χ3v) is 3.05. The van der Waals surface area contributed by atoms with Crippen molar-refractivity contribution in [3.63, 3.8) is 0 Å². The maximum absolute atomic E-state index is 12.0. The molecule has 2 N–H and O–H groups in total. The summed E-state index contributed by atoms with van der Waals surface area (Å²) in [7, 11) is 0. The van der Waals surface area contributed by atoms with Gasteiger partial charge in [-0.25, -0.2) is 4.68 Å². The molecule has 2 heterocycles. The molecule has 1 amide bonds. The van der Waals surface area contributed by atoms with E-state index in [4.69, 9.17) is 5.73 Å². The van der Waals surface area contributed by atoms with Crippen LogP contribution in [0.5, 0.6) is 0 Å². The Balaban J connectivity index is 1.90. The Bertz CT molecular complexity index is 368. The second kappa shape index (κ2) is 5.77. The molecular formula is C11H19N5O. The van der Waals surface area contributed by atoms with E-state index in [1.807, 2.05) is 4.90 Å². The van der Waals surface area contributed by atoms with Crippen molar-refractivity contribution in [2.45, 2.75) is 38.8 Å². The van der Waals surface area contributed by atoms with Gasteiger partial charge in [0.05, 0.1) is 11.9 Å². The van der Waals surface area contributed by atoms with Crippen LogP contribution in [0.4, 0.5) is 0 Å². The molecule has 1 aromatic heterocycles. The van der Waals surface area contributed by atoms with Gasteiger partial charge in [-0.15, -0.1) is 5.10 Å². The monoisotopic (exact) mass is 237 g/mol. The van der Waals surface area contributed by atoms with Crippen molar-refractivity contribution < 1.29 is 4.79 Å². The van der Waals surface area contributed by atoms with E-state index in [0.29, 0.717) is 12.2 Å². The van der Waals surface area contributed by atoms with E-state index < -0.39 is 0 Å². The summed E-state index contributed by atoms with van der Waals surface area (Å²) in [4.78, 5) is 14.0. The molecule has 0 unspecified atom stereocenters. The highest BCUT2D eigenvalue weighted by Crippen LogP contribution is 2.10. The normalized spacial score (nSPS) is 16.9. The average molecular weight is 237 g/mol. The van der Waals surface area contributed by atoms with Crippen LogP contribution in [0, 0.1) is 0 Å². The van der Waals surface area contributed by atoms with Crippen LogP contribution in [-0.2, 0) is 17.9 Å². The molecule has 1 aromatic rings. The summed E-state index contributed by atoms with van der Waals surface area (Å²) in [5.74, 6) is 0.125. The number of hydrogen-bond donors (Lipinski definition) is 1. The zero-order valence-electron chi connectivity index (χ0n) is 10.0. The van der Waals surface area contributed by atoms with E-state index in [9.17, 15) is 4.79 Å². The van der Waals surface area contributed by atoms with Gasteiger partial charge < -0.3 is 10.6 Å². The highest BCUT2D eigenvalue weighted by atomic mass is 16.2. The minimum Gasteiger partial charge on any atom is -0.341 e. The first-order valence-electron chi connectivity index (χ1n) is 6.16. The van der Waals surface area contributed by atoms with Crippen LogP contribution in [0.1, 0.15) is 31.4 Å². The molecule has 0 spiro atoms. The van der Waals surface area contributed by atoms with Crippen LogP contribution < -0.4 is 5.73 Å². The summed E-state index contributed by atoms with van der Waals surface area (Å²) in [6.45, 7) is 2.37. The Labute approximate surface area is 101 Å². The van der Waals surface area contributed by atoms with Crippen LogP contribution >= 0.6 is 0 Å². The molecule has 0 aromatic carbocycles. The zero-order chi connectivity index (χ0) is 12.1. The summed E-state index contributed by atoms with van der Waals surface area (Å²) in [6.07, 6.45) is 6.40. The molecule has 0 bridgehead atoms. The van der Waals surface area contributed by atoms with Crippen LogP contribution in [0.25, 0.3) is 0 Å². The molecule has 2 rings (SSSR count). The van der Waals surface area contributed by atoms with Crippen molar-refractivity contribution >= 4 is 5.91 Å². The summed E-state index contributed by atoms with van der Waals surface area (Å²) < 4.78 is 1.56. The Hall–Kier alpha value is -1.43. The standard InChI is InChI=1S/C11H19N5O/c12-7-10-8-16(14-13-10)9-11(17)15-5-3-1-2-4-6-15/h8H,1-7,9,12H2. The largest absolute Gasteiger partial charge is 0.341 e. The summed E-state index contributed by atoms with van der Waals surface area (Å²) in [5.41, 5.74) is 6.16. The summed E-state index contributed by atoms with van der Waals surface area (Å²) in [5, 5.41) is 7.75. The van der Waals surface area contributed by atoms with Crippen LogP contribution in [0.3, 0.4) is 0 Å². The van der Waals surface area contributed by atoms with Gasteiger partial charge in [0.2, 0.25) is 5.91 Å². The van der Waals surface area contributed by atoms with Crippen molar-refractivity contribution in [2.24, 2.45) is 5.73 Å². The molecule has 17 heavy (non-hydrogen) atoms. The molecule has 6 heteroatoms. The molecule has 94 valence electrons. The maximum Gasteiger partial charge on any atom is 0.244 e. The number of hydrogen-bond acceptors (Lipinski definition) is 4. The van der Waals surface area contributed by atoms with Gasteiger partial charge in [0.25, 0.3) is 0 Å². The highest BCUT2D eigenvalue weighted by molar-refractivity contribution is 5.75. The van der Waals surface area contributed by atoms with Crippen molar-refractivity contribution in [3.8, 4) is 0 Å². The Kier molecular flexibility index (Phi) is 4.08. The minimum atomic E-state index is 0.125. The van der Waals surface area contributed by atoms with Crippen molar-refractivity contribution in [1.82, 2.24) is 19.9 Å². The first-order chi connectivity index (χ1) is 8.29. The van der Waals surface area contributed by atoms with Gasteiger partial charge in [0.1, 0.15) is 6.54 Å². The van der Waals surface area contributed by atoms with Crippen LogP contribution in [-0.4, -0.2) is 38.9 Å². The fraction of sp³-hybridized carbons (Fsp3) is 0.727. The minimum absolute atomic E-state index is 0.125. The smallest absolute Gasteiger partial charge is 0.244 e. The molecule has 0 aliphatic carbocycles. The van der Waals surface area contributed by atoms with Crippen molar-refractivity contribution in [1.29, 1.82) is 0 Å². The SMILES string of the molecule is NCc1cn(CC(=O)N2CCCCCC2)nn1. The number of carbonyl (C=O) groups is 1. The number of nitrogens with zero attached hydrogens (tertiary/aromatic N) is 4. The molecule has 1 saturated heterocycles. The third-order valence-electron chi connectivity index (χ3n) is 3.05. The molecule has 1 aliphatic heterocycles. The number of carbonyl (C=O) groups excluding carboxylic acids is 1. The molecular weight excluding hydrogens is 218 g/mol. The van der Waals surface area contributed by atoms with E-state index in [2.05, 4.69) is 10.3 Å². The average Bonchev–Trinajstić information content (AvgIpc) is 2.62. The summed E-state index contributed by atoms with van der Waals surface area (Å²) in [6, 6.07) is 0. The fourth-order valence-corrected chi connectivity index (χ4v) is 2.07. The lowest BCUT2D eigenvalue weighted by Crippen LogP contribution is -2.34. The van der Waals surface area contributed by atoms with E-state index in [1.54, 1.807) is 10.9 Å². The quantitative estimate of drug-likeness (QED) is 0.811. The highest BCUT2D eigenvalue weighted by Gasteiger charge is 2.16. The molecule has 6 nitrogen and oxygen atoms in total. The number of amides is 1. The molecule has 0 atom stereocenters. The van der Waals surface area contributed by atoms with Gasteiger partial charge >= 0.3 is 0 Å². The fourth-order valence-electron chi connectivity index (χ4n) is 2.07. The van der Waals surface area contributed by atoms with E-state index in [1.165, 1.54) is 12.8 Å². The first-order valence-corrected chi connectivity index (χ1v) is 6.16. The van der Waals surface area contributed by atoms with Gasteiger partial charge in [-0.05, 0) is 12.8 Å². The van der Waals surface area contributed by atoms with Gasteiger partial charge in [0, 0.05) is 19.6 Å². The van der Waals surface area contributed by atoms with E-state index >= 15 is 0 Å². The number of likely N-dealkylation sites (tertiary alicyclic amines) is 1. The second-order valence-corrected chi connectivity index (χ2v) is 4.41. The predicted octanol–water partition coefficient (Wildman–Crippen LogP) is 0.139. The molecule has 0 radical (unpaired) electrons. The number of rotatable bonds is 3. The van der Waals surface area contributed by atoms with E-state index in [-0.39, 0.29) is 12.5 Å². The van der Waals surface area contributed by atoms with E-state index in [0.717, 1.165) is 25.9 Å². The maximum atomic E-state index is 12.0. The van der Waals surface area contributed by atoms with Crippen molar-refractivity contribution in [2.75, 3.05) is 13.1 Å². The third kappa shape index (κ3) is 3.26. The van der Waals surface area contributed by atoms with Gasteiger partial charge in [-0.1, -0.05) is 18.1 Å². The molecule has 0 saturated carbocycles. The van der Waals surface area contributed by atoms with Crippen LogP contribution in [0.15, 0.2) is 6.20 Å². The summed E-state index contributed by atoms with van der Waals surface area (Å²) >= 11 is 0. The zero-order valence-corrected chi connectivity index (χ0v) is 10.0. The number of nitrogens with two attached hydrogens (primary N) is 1. The lowest BCUT2D eigenvalue weighted by Gasteiger charge is -2.19. The van der Waals surface area contributed by atoms with Gasteiger partial charge in [-0.2, -0.15) is 0 Å². The van der Waals surface area contributed by atoms with Crippen molar-refractivity contribution in [3.05, 3.63) is 11.9 Å². The predicted molar refractivity (Wildman–Crippen MR) is 63.0 cm³/mol. The molecule has 1 fully saturated rings. The topological polar surface area (TPSA) is 77.0 Å². The second-order valence-electron chi connectivity index (χ2n) is 4.41. The Morgan fingerprint density at radius 2 is 2.00 bits per heavy atom. The van der Waals surface area contributed by atoms with Gasteiger partial charge in [0.15, 0.2) is 0 Å². The lowest BCUT2D eigenvalue weighted by molar-refractivity contribution is -0.132. The molecule has 1 aliphatic rings. The lowest BCUT2D eigenvalue weighted by atomic mass is 10.2. The first kappa shape index (κ1) is 12.0. The number of aromatic nitrogens is 3. The Morgan fingerprint density at radius 1 is 1.29 bits per heavy atom. The Morgan fingerprint density at radius 3 is 2.59 bits per heavy atom.